The average molecular weight is 919 g/mol. The first-order chi connectivity index (χ1) is 28.4. The molecular weight excluding hydrogens is 888 g/mol. The number of aromatic nitrogens is 10. The highest BCUT2D eigenvalue weighted by Gasteiger charge is 2.44. The van der Waals surface area contributed by atoms with Crippen molar-refractivity contribution in [2.24, 2.45) is 0 Å². The number of rotatable bonds is 10. The first kappa shape index (κ1) is 47.4. The van der Waals surface area contributed by atoms with Gasteiger partial charge in [0, 0.05) is 35.9 Å². The Morgan fingerprint density at radius 2 is 1.05 bits per heavy atom. The van der Waals surface area contributed by atoms with Gasteiger partial charge < -0.3 is 19.3 Å². The van der Waals surface area contributed by atoms with E-state index in [0.717, 1.165) is 71.0 Å². The lowest BCUT2D eigenvalue weighted by Crippen LogP contribution is -2.31. The fraction of sp³-hybridized carbons (Fsp3) is 0.429. The quantitative estimate of drug-likeness (QED) is 0.103. The van der Waals surface area contributed by atoms with Crippen molar-refractivity contribution in [3.63, 3.8) is 0 Å². The van der Waals surface area contributed by atoms with Gasteiger partial charge >= 0.3 is 23.8 Å². The smallest absolute Gasteiger partial charge is 0.425 e. The van der Waals surface area contributed by atoms with Crippen LogP contribution in [0.1, 0.15) is 58.6 Å². The van der Waals surface area contributed by atoms with E-state index < -0.39 is 77.2 Å². The molecule has 0 amide bonds. The van der Waals surface area contributed by atoms with Crippen LogP contribution < -0.4 is 9.47 Å². The van der Waals surface area contributed by atoms with Crippen molar-refractivity contribution >= 4 is 22.9 Å². The van der Waals surface area contributed by atoms with Gasteiger partial charge in [-0.1, -0.05) is 7.43 Å². The van der Waals surface area contributed by atoms with Crippen LogP contribution in [-0.4, -0.2) is 91.0 Å². The number of nitrogens with zero attached hydrogens (tertiary/aromatic N) is 10. The van der Waals surface area contributed by atoms with Crippen LogP contribution in [0.5, 0.6) is 11.8 Å². The molecule has 2 fully saturated rings. The average Bonchev–Trinajstić information content (AvgIpc) is 4.06. The molecule has 0 bridgehead atoms. The molecule has 62 heavy (non-hydrogen) atoms. The molecule has 1 N–H and O–H groups in total. The molecule has 0 aromatic carbocycles. The Bertz CT molecular complexity index is 2490. The van der Waals surface area contributed by atoms with Crippen LogP contribution >= 0.6 is 11.6 Å². The highest BCUT2D eigenvalue weighted by molar-refractivity contribution is 6.21. The van der Waals surface area contributed by atoms with Crippen LogP contribution in [0.15, 0.2) is 49.3 Å². The normalized spacial score (nSPS) is 15.5. The number of aliphatic hydroxyl groups excluding tert-OH is 1. The van der Waals surface area contributed by atoms with Gasteiger partial charge in [0.2, 0.25) is 11.6 Å². The van der Waals surface area contributed by atoms with Crippen molar-refractivity contribution < 1.29 is 72.0 Å². The molecule has 8 rings (SSSR count). The molecule has 2 atom stereocenters. The minimum absolute atomic E-state index is 0. The summed E-state index contributed by atoms with van der Waals surface area (Å²) in [6.07, 6.45) is -8.58. The van der Waals surface area contributed by atoms with E-state index in [0.29, 0.717) is 26.7 Å². The summed E-state index contributed by atoms with van der Waals surface area (Å²) in [5, 5.41) is 18.2. The van der Waals surface area contributed by atoms with E-state index in [4.69, 9.17) is 16.7 Å². The molecule has 0 spiro atoms. The zero-order valence-corrected chi connectivity index (χ0v) is 31.6. The summed E-state index contributed by atoms with van der Waals surface area (Å²) in [6, 6.07) is 1.64. The summed E-state index contributed by atoms with van der Waals surface area (Å²) in [6.45, 7) is 1.41. The standard InChI is InChI=1S/C17H13F6N5O2.C14H8ClF6N5O.C3H6O.CH4/c1-8(16(19,20)21)29-14-11(18)4-9(5-25-14)12-7-28-13(6-24-12)26-27-15(28)17(22,23)30-10-2-3-10;1-6(14(19,20)21)27-11-8(16)2-7(3-23-11)9-5-26-10(4-22-9)24-25-12(26)13(15,17)18;4-3-1-2-3;/h4-8,10H,2-3H2,1H3;2-6H,1H3;3-4H,1-2H2;1H4/t8-;6-;;/m11../s1. The Balaban J connectivity index is 0.000000212. The molecule has 6 aromatic rings. The Morgan fingerprint density at radius 1 is 0.645 bits per heavy atom. The van der Waals surface area contributed by atoms with Gasteiger partial charge in [-0.25, -0.2) is 18.7 Å². The second-order valence-corrected chi connectivity index (χ2v) is 13.7. The third kappa shape index (κ3) is 11.6. The molecule has 14 nitrogen and oxygen atoms in total. The predicted molar refractivity (Wildman–Crippen MR) is 190 cm³/mol. The van der Waals surface area contributed by atoms with Crippen LogP contribution in [0.25, 0.3) is 33.8 Å². The second-order valence-electron chi connectivity index (χ2n) is 13.2. The molecular formula is C35H31ClF12N10O4. The van der Waals surface area contributed by atoms with E-state index >= 15 is 0 Å². The summed E-state index contributed by atoms with van der Waals surface area (Å²) in [5.74, 6) is -5.72. The van der Waals surface area contributed by atoms with E-state index in [1.54, 1.807) is 0 Å². The van der Waals surface area contributed by atoms with Gasteiger partial charge in [0.05, 0.1) is 36.0 Å². The van der Waals surface area contributed by atoms with E-state index in [1.807, 2.05) is 0 Å². The van der Waals surface area contributed by atoms with Crippen LogP contribution in [0.3, 0.4) is 0 Å². The Kier molecular flexibility index (Phi) is 13.8. The molecule has 2 aliphatic carbocycles. The largest absolute Gasteiger partial charge is 0.463 e. The molecule has 2 saturated carbocycles. The van der Waals surface area contributed by atoms with Crippen molar-refractivity contribution in [1.82, 2.24) is 49.1 Å². The van der Waals surface area contributed by atoms with Gasteiger partial charge in [-0.15, -0.1) is 20.4 Å². The number of halogens is 13. The van der Waals surface area contributed by atoms with Gasteiger partial charge in [0.1, 0.15) is 0 Å². The van der Waals surface area contributed by atoms with Crippen LogP contribution in [0.4, 0.5) is 52.7 Å². The molecule has 0 aliphatic heterocycles. The van der Waals surface area contributed by atoms with Gasteiger partial charge in [-0.05, 0) is 63.3 Å². The Hall–Kier alpha value is -5.63. The summed E-state index contributed by atoms with van der Waals surface area (Å²) >= 11 is 4.95. The zero-order valence-electron chi connectivity index (χ0n) is 30.8. The topological polar surface area (TPSA) is 160 Å². The molecule has 336 valence electrons. The summed E-state index contributed by atoms with van der Waals surface area (Å²) < 4.78 is 174. The molecule has 6 heterocycles. The van der Waals surface area contributed by atoms with Crippen LogP contribution in [0, 0.1) is 11.6 Å². The Morgan fingerprint density at radius 3 is 1.40 bits per heavy atom. The van der Waals surface area contributed by atoms with Crippen molar-refractivity contribution in [3.8, 4) is 34.3 Å². The number of aliphatic hydroxyl groups is 1. The van der Waals surface area contributed by atoms with Crippen LogP contribution in [0.2, 0.25) is 0 Å². The van der Waals surface area contributed by atoms with Gasteiger partial charge in [-0.2, -0.15) is 43.9 Å². The third-order valence-electron chi connectivity index (χ3n) is 8.19. The molecule has 27 heteroatoms. The highest BCUT2D eigenvalue weighted by Crippen LogP contribution is 2.37. The monoisotopic (exact) mass is 918 g/mol. The fourth-order valence-electron chi connectivity index (χ4n) is 4.59. The lowest BCUT2D eigenvalue weighted by Gasteiger charge is -2.17. The first-order valence-electron chi connectivity index (χ1n) is 17.4. The van der Waals surface area contributed by atoms with E-state index in [9.17, 15) is 52.7 Å². The second kappa shape index (κ2) is 18.0. The third-order valence-corrected chi connectivity index (χ3v) is 8.36. The SMILES string of the molecule is C.C[C@@H](Oc1ncc(-c2cn3c(C(F)(F)Cl)nnc3cn2)cc1F)C(F)(F)F.C[C@@H](Oc1ncc(-c2cn3c(C(F)(F)OC4CC4)nnc3cn2)cc1F)C(F)(F)F.OC1CC1. The minimum Gasteiger partial charge on any atom is -0.463 e. The number of fused-ring (bicyclic) bond motifs is 2. The van der Waals surface area contributed by atoms with E-state index in [-0.39, 0.29) is 47.3 Å². The van der Waals surface area contributed by atoms with Gasteiger partial charge in [-0.3, -0.25) is 18.8 Å². The number of hydrogen-bond acceptors (Lipinski definition) is 12. The molecule has 0 saturated heterocycles. The maximum Gasteiger partial charge on any atom is 0.425 e. The highest BCUT2D eigenvalue weighted by atomic mass is 35.5. The van der Waals surface area contributed by atoms with Crippen molar-refractivity contribution in [2.45, 2.75) is 95.2 Å². The zero-order chi connectivity index (χ0) is 44.7. The van der Waals surface area contributed by atoms with Gasteiger partial charge in [0.15, 0.2) is 35.1 Å². The maximum absolute atomic E-state index is 14.3. The predicted octanol–water partition coefficient (Wildman–Crippen LogP) is 8.60. The maximum atomic E-state index is 14.3. The van der Waals surface area contributed by atoms with E-state index in [2.05, 4.69) is 54.5 Å². The lowest BCUT2D eigenvalue weighted by molar-refractivity contribution is -0.261. The minimum atomic E-state index is -4.70. The lowest BCUT2D eigenvalue weighted by atomic mass is 10.2. The van der Waals surface area contributed by atoms with Crippen LogP contribution in [-0.2, 0) is 16.2 Å². The van der Waals surface area contributed by atoms with E-state index in [1.165, 1.54) is 0 Å². The molecule has 2 aliphatic rings. The molecule has 0 unspecified atom stereocenters. The Labute approximate surface area is 345 Å². The van der Waals surface area contributed by atoms with Gasteiger partial charge in [0.25, 0.3) is 11.8 Å². The summed E-state index contributed by atoms with van der Waals surface area (Å²) in [4.78, 5) is 14.9. The number of ether oxygens (including phenoxy) is 3. The van der Waals surface area contributed by atoms with Crippen molar-refractivity contribution in [1.29, 1.82) is 0 Å². The molecule has 6 aromatic heterocycles. The molecule has 0 radical (unpaired) electrons. The van der Waals surface area contributed by atoms with Crippen molar-refractivity contribution in [2.75, 3.05) is 0 Å². The number of pyridine rings is 2. The first-order valence-corrected chi connectivity index (χ1v) is 17.8. The number of hydrogen-bond donors (Lipinski definition) is 1. The summed E-state index contributed by atoms with van der Waals surface area (Å²) in [7, 11) is 0. The number of alkyl halides is 11. The fourth-order valence-corrected chi connectivity index (χ4v) is 4.72. The van der Waals surface area contributed by atoms with Crippen molar-refractivity contribution in [3.05, 3.63) is 72.6 Å². The summed E-state index contributed by atoms with van der Waals surface area (Å²) in [5.41, 5.74) is -0.0352.